The molecule has 0 saturated heterocycles. The summed E-state index contributed by atoms with van der Waals surface area (Å²) in [6, 6.07) is 13.9. The maximum atomic E-state index is 13.2. The smallest absolute Gasteiger partial charge is 0.416 e. The van der Waals surface area contributed by atoms with Gasteiger partial charge in [-0.3, -0.25) is 4.98 Å². The molecule has 0 bridgehead atoms. The van der Waals surface area contributed by atoms with E-state index in [-0.39, 0.29) is 28.3 Å². The van der Waals surface area contributed by atoms with E-state index < -0.39 is 17.8 Å². The predicted molar refractivity (Wildman–Crippen MR) is 102 cm³/mol. The number of halogens is 3. The van der Waals surface area contributed by atoms with Gasteiger partial charge < -0.3 is 14.7 Å². The first-order valence-electron chi connectivity index (χ1n) is 8.89. The zero-order chi connectivity index (χ0) is 21.3. The molecule has 0 aliphatic heterocycles. The summed E-state index contributed by atoms with van der Waals surface area (Å²) in [7, 11) is 0. The van der Waals surface area contributed by atoms with Gasteiger partial charge in [0, 0.05) is 29.1 Å². The van der Waals surface area contributed by atoms with E-state index in [1.165, 1.54) is 30.5 Å². The van der Waals surface area contributed by atoms with Gasteiger partial charge in [0.15, 0.2) is 5.76 Å². The van der Waals surface area contributed by atoms with E-state index in [0.717, 1.165) is 12.1 Å². The minimum atomic E-state index is -4.53. The Morgan fingerprint density at radius 3 is 2.37 bits per heavy atom. The van der Waals surface area contributed by atoms with Gasteiger partial charge >= 0.3 is 6.18 Å². The number of aliphatic hydroxyl groups is 1. The van der Waals surface area contributed by atoms with Crippen LogP contribution in [0.1, 0.15) is 22.8 Å². The number of benzene rings is 2. The number of hydrogen-bond acceptors (Lipinski definition) is 5. The Morgan fingerprint density at radius 2 is 1.70 bits per heavy atom. The Bertz CT molecular complexity index is 1160. The minimum absolute atomic E-state index is 0.0144. The minimum Gasteiger partial charge on any atom is -0.508 e. The average Bonchev–Trinajstić information content (AvgIpc) is 3.19. The summed E-state index contributed by atoms with van der Waals surface area (Å²) < 4.78 is 45.0. The highest BCUT2D eigenvalue weighted by Gasteiger charge is 2.32. The maximum Gasteiger partial charge on any atom is 0.416 e. The van der Waals surface area contributed by atoms with Crippen molar-refractivity contribution in [3.05, 3.63) is 89.7 Å². The quantitative estimate of drug-likeness (QED) is 0.481. The zero-order valence-corrected chi connectivity index (χ0v) is 15.3. The number of aromatic nitrogens is 2. The number of phenols is 1. The normalized spacial score (nSPS) is 12.7. The van der Waals surface area contributed by atoms with Gasteiger partial charge in [-0.2, -0.15) is 13.2 Å². The van der Waals surface area contributed by atoms with Gasteiger partial charge in [0.05, 0.1) is 11.1 Å². The van der Waals surface area contributed by atoms with Gasteiger partial charge in [0.25, 0.3) is 0 Å². The van der Waals surface area contributed by atoms with Crippen LogP contribution in [0.25, 0.3) is 22.6 Å². The van der Waals surface area contributed by atoms with Gasteiger partial charge in [-0.15, -0.1) is 0 Å². The fraction of sp³-hybridized carbons (Fsp3) is 0.0909. The molecule has 30 heavy (non-hydrogen) atoms. The molecule has 0 saturated carbocycles. The van der Waals surface area contributed by atoms with Crippen LogP contribution in [0.5, 0.6) is 5.75 Å². The Labute approximate surface area is 169 Å². The first-order chi connectivity index (χ1) is 14.3. The monoisotopic (exact) mass is 412 g/mol. The fourth-order valence-corrected chi connectivity index (χ4v) is 3.13. The van der Waals surface area contributed by atoms with Gasteiger partial charge in [0.1, 0.15) is 17.5 Å². The first-order valence-corrected chi connectivity index (χ1v) is 8.89. The molecule has 2 N–H and O–H groups in total. The second-order valence-electron chi connectivity index (χ2n) is 6.59. The zero-order valence-electron chi connectivity index (χ0n) is 15.3. The van der Waals surface area contributed by atoms with Gasteiger partial charge in [-0.25, -0.2) is 0 Å². The molecule has 152 valence electrons. The third-order valence-corrected chi connectivity index (χ3v) is 4.59. The van der Waals surface area contributed by atoms with Crippen LogP contribution >= 0.6 is 0 Å². The lowest BCUT2D eigenvalue weighted by Gasteiger charge is -2.13. The summed E-state index contributed by atoms with van der Waals surface area (Å²) in [5.41, 5.74) is 0.679. The van der Waals surface area contributed by atoms with Crippen molar-refractivity contribution in [2.45, 2.75) is 12.3 Å². The number of nitrogens with zero attached hydrogens (tertiary/aromatic N) is 2. The highest BCUT2D eigenvalue weighted by molar-refractivity contribution is 5.74. The molecule has 0 spiro atoms. The van der Waals surface area contributed by atoms with Crippen molar-refractivity contribution >= 4 is 0 Å². The topological polar surface area (TPSA) is 79.4 Å². The Hall–Kier alpha value is -3.65. The molecule has 0 aliphatic rings. The molecule has 5 nitrogen and oxygen atoms in total. The average molecular weight is 412 g/mol. The van der Waals surface area contributed by atoms with Gasteiger partial charge in [0.2, 0.25) is 0 Å². The number of rotatable bonds is 4. The molecule has 1 atom stereocenters. The third kappa shape index (κ3) is 3.77. The molecular weight excluding hydrogens is 397 g/mol. The van der Waals surface area contributed by atoms with Crippen molar-refractivity contribution in [3.63, 3.8) is 0 Å². The molecule has 2 heterocycles. The molecule has 0 fully saturated rings. The molecule has 4 aromatic rings. The van der Waals surface area contributed by atoms with Crippen molar-refractivity contribution in [2.75, 3.05) is 0 Å². The first kappa shape index (κ1) is 19.7. The van der Waals surface area contributed by atoms with Crippen LogP contribution in [0.15, 0.2) is 77.6 Å². The van der Waals surface area contributed by atoms with Gasteiger partial charge in [-0.1, -0.05) is 23.4 Å². The molecule has 0 radical (unpaired) electrons. The summed E-state index contributed by atoms with van der Waals surface area (Å²) in [4.78, 5) is 3.99. The van der Waals surface area contributed by atoms with Crippen molar-refractivity contribution in [1.82, 2.24) is 10.1 Å². The van der Waals surface area contributed by atoms with Crippen molar-refractivity contribution < 1.29 is 27.9 Å². The maximum absolute atomic E-state index is 13.2. The van der Waals surface area contributed by atoms with Crippen LogP contribution in [0.2, 0.25) is 0 Å². The van der Waals surface area contributed by atoms with Crippen LogP contribution in [0.3, 0.4) is 0 Å². The van der Waals surface area contributed by atoms with E-state index in [2.05, 4.69) is 10.1 Å². The van der Waals surface area contributed by atoms with E-state index in [9.17, 15) is 23.4 Å². The molecule has 2 aromatic heterocycles. The summed E-state index contributed by atoms with van der Waals surface area (Å²) in [6.45, 7) is 0. The standard InChI is InChI=1S/C22H15F3N2O3/c23-22(24,25)16-5-1-3-14(11-16)21-18(20(29)15-4-2-10-26-12-15)19(27-30-21)13-6-8-17(28)9-7-13/h1-12,20,28-29H. The van der Waals surface area contributed by atoms with E-state index >= 15 is 0 Å². The van der Waals surface area contributed by atoms with E-state index in [1.807, 2.05) is 0 Å². The summed E-state index contributed by atoms with van der Waals surface area (Å²) in [5.74, 6) is 0.0511. The van der Waals surface area contributed by atoms with Crippen LogP contribution < -0.4 is 0 Å². The van der Waals surface area contributed by atoms with Crippen LogP contribution in [-0.2, 0) is 6.18 Å². The highest BCUT2D eigenvalue weighted by atomic mass is 19.4. The molecule has 4 rings (SSSR count). The molecule has 0 aliphatic carbocycles. The lowest BCUT2D eigenvalue weighted by atomic mass is 9.94. The largest absolute Gasteiger partial charge is 0.508 e. The van der Waals surface area contributed by atoms with Crippen molar-refractivity contribution in [3.8, 4) is 28.3 Å². The SMILES string of the molecule is Oc1ccc(-c2noc(-c3cccc(C(F)(F)F)c3)c2C(O)c2cccnc2)cc1. The summed E-state index contributed by atoms with van der Waals surface area (Å²) in [6.07, 6.45) is -2.79. The third-order valence-electron chi connectivity index (χ3n) is 4.59. The van der Waals surface area contributed by atoms with E-state index in [4.69, 9.17) is 4.52 Å². The van der Waals surface area contributed by atoms with Crippen molar-refractivity contribution in [1.29, 1.82) is 0 Å². The van der Waals surface area contributed by atoms with Gasteiger partial charge in [-0.05, 0) is 42.5 Å². The molecule has 1 unspecified atom stereocenters. The Morgan fingerprint density at radius 1 is 0.933 bits per heavy atom. The number of phenolic OH excluding ortho intramolecular Hbond substituents is 1. The number of pyridine rings is 1. The lowest BCUT2D eigenvalue weighted by Crippen LogP contribution is -2.05. The number of aliphatic hydroxyl groups excluding tert-OH is 1. The molecule has 8 heteroatoms. The fourth-order valence-electron chi connectivity index (χ4n) is 3.13. The number of hydrogen-bond donors (Lipinski definition) is 2. The van der Waals surface area contributed by atoms with Crippen LogP contribution in [0, 0.1) is 0 Å². The van der Waals surface area contributed by atoms with Crippen molar-refractivity contribution in [2.24, 2.45) is 0 Å². The highest BCUT2D eigenvalue weighted by Crippen LogP contribution is 2.40. The second-order valence-corrected chi connectivity index (χ2v) is 6.59. The molecular formula is C22H15F3N2O3. The summed E-state index contributed by atoms with van der Waals surface area (Å²) >= 11 is 0. The number of alkyl halides is 3. The summed E-state index contributed by atoms with van der Waals surface area (Å²) in [5, 5.41) is 24.6. The van der Waals surface area contributed by atoms with Crippen LogP contribution in [0.4, 0.5) is 13.2 Å². The predicted octanol–water partition coefficient (Wildman–Crippen LogP) is 5.21. The molecule has 2 aromatic carbocycles. The van der Waals surface area contributed by atoms with Crippen LogP contribution in [-0.4, -0.2) is 20.4 Å². The molecule has 0 amide bonds. The number of aromatic hydroxyl groups is 1. The van der Waals surface area contributed by atoms with E-state index in [0.29, 0.717) is 11.1 Å². The second kappa shape index (κ2) is 7.64. The Balaban J connectivity index is 1.91. The lowest BCUT2D eigenvalue weighted by molar-refractivity contribution is -0.137. The Kier molecular flexibility index (Phi) is 5.01. The van der Waals surface area contributed by atoms with E-state index in [1.54, 1.807) is 30.5 Å².